The second-order valence-corrected chi connectivity index (χ2v) is 8.52. The Bertz CT molecular complexity index is 749. The van der Waals surface area contributed by atoms with Crippen LogP contribution in [0, 0.1) is 5.92 Å². The third kappa shape index (κ3) is 5.60. The molecule has 1 heterocycles. The van der Waals surface area contributed by atoms with E-state index in [1.807, 2.05) is 13.8 Å². The van der Waals surface area contributed by atoms with Gasteiger partial charge in [-0.3, -0.25) is 9.69 Å². The van der Waals surface area contributed by atoms with Crippen LogP contribution in [-0.2, 0) is 11.3 Å². The van der Waals surface area contributed by atoms with Crippen molar-refractivity contribution in [3.05, 3.63) is 54.1 Å². The van der Waals surface area contributed by atoms with Crippen LogP contribution in [0.25, 0.3) is 11.1 Å². The molecule has 0 saturated carbocycles. The predicted octanol–water partition coefficient (Wildman–Crippen LogP) is 4.81. The van der Waals surface area contributed by atoms with Crippen LogP contribution < -0.4 is 5.32 Å². The van der Waals surface area contributed by atoms with Gasteiger partial charge in [0.15, 0.2) is 0 Å². The Morgan fingerprint density at radius 2 is 1.81 bits per heavy atom. The first-order chi connectivity index (χ1) is 13.0. The molecular formula is C23H30N2OS. The molecule has 3 rings (SSSR count). The number of nitrogens with one attached hydrogen (secondary N) is 1. The molecule has 0 radical (unpaired) electrons. The molecule has 0 aromatic heterocycles. The molecule has 0 bridgehead atoms. The lowest BCUT2D eigenvalue weighted by molar-refractivity contribution is -0.125. The monoisotopic (exact) mass is 382 g/mol. The fourth-order valence-electron chi connectivity index (χ4n) is 3.49. The Labute approximate surface area is 167 Å². The van der Waals surface area contributed by atoms with Crippen LogP contribution in [-0.4, -0.2) is 36.2 Å². The summed E-state index contributed by atoms with van der Waals surface area (Å²) in [6, 6.07) is 18.0. The molecule has 1 saturated heterocycles. The number of carbonyl (C=O) groups excluding carboxylic acids is 1. The van der Waals surface area contributed by atoms with Gasteiger partial charge in [0, 0.05) is 36.5 Å². The molecule has 0 atom stereocenters. The number of nitrogens with zero attached hydrogens (tertiary/aromatic N) is 1. The van der Waals surface area contributed by atoms with Gasteiger partial charge < -0.3 is 5.32 Å². The summed E-state index contributed by atoms with van der Waals surface area (Å²) in [5.41, 5.74) is 3.90. The minimum absolute atomic E-state index is 0.0655. The van der Waals surface area contributed by atoms with Gasteiger partial charge in [0.25, 0.3) is 0 Å². The van der Waals surface area contributed by atoms with Gasteiger partial charge in [0.1, 0.15) is 0 Å². The highest BCUT2D eigenvalue weighted by molar-refractivity contribution is 7.98. The molecular weight excluding hydrogens is 352 g/mol. The molecule has 0 aliphatic carbocycles. The second kappa shape index (κ2) is 9.43. The topological polar surface area (TPSA) is 32.3 Å². The molecule has 3 nitrogen and oxygen atoms in total. The Hall–Kier alpha value is -1.78. The molecule has 0 spiro atoms. The summed E-state index contributed by atoms with van der Waals surface area (Å²) in [4.78, 5) is 15.7. The van der Waals surface area contributed by atoms with E-state index >= 15 is 0 Å². The predicted molar refractivity (Wildman–Crippen MR) is 115 cm³/mol. The van der Waals surface area contributed by atoms with E-state index in [4.69, 9.17) is 0 Å². The van der Waals surface area contributed by atoms with Gasteiger partial charge >= 0.3 is 0 Å². The highest BCUT2D eigenvalue weighted by Crippen LogP contribution is 2.24. The average Bonchev–Trinajstić information content (AvgIpc) is 2.69. The summed E-state index contributed by atoms with van der Waals surface area (Å²) < 4.78 is 0. The van der Waals surface area contributed by atoms with Crippen molar-refractivity contribution >= 4 is 17.7 Å². The van der Waals surface area contributed by atoms with Crippen LogP contribution in [0.5, 0.6) is 0 Å². The van der Waals surface area contributed by atoms with Crippen LogP contribution in [0.1, 0.15) is 32.3 Å². The molecule has 0 unspecified atom stereocenters. The molecule has 2 aromatic rings. The molecule has 1 aliphatic heterocycles. The van der Waals surface area contributed by atoms with Gasteiger partial charge in [-0.1, -0.05) is 44.2 Å². The van der Waals surface area contributed by atoms with Gasteiger partial charge in [-0.2, -0.15) is 0 Å². The van der Waals surface area contributed by atoms with Crippen LogP contribution in [0.3, 0.4) is 0 Å². The lowest BCUT2D eigenvalue weighted by atomic mass is 10.0. The van der Waals surface area contributed by atoms with E-state index in [1.54, 1.807) is 11.8 Å². The summed E-state index contributed by atoms with van der Waals surface area (Å²) in [5.74, 6) is 0.240. The number of piperidine rings is 1. The Morgan fingerprint density at radius 1 is 1.11 bits per heavy atom. The van der Waals surface area contributed by atoms with Crippen molar-refractivity contribution in [1.82, 2.24) is 10.2 Å². The molecule has 4 heteroatoms. The molecule has 2 aromatic carbocycles. The van der Waals surface area contributed by atoms with Gasteiger partial charge in [-0.05, 0) is 54.0 Å². The van der Waals surface area contributed by atoms with Crippen molar-refractivity contribution in [3.8, 4) is 11.1 Å². The van der Waals surface area contributed by atoms with Gasteiger partial charge in [0.05, 0.1) is 0 Å². The molecule has 27 heavy (non-hydrogen) atoms. The number of benzene rings is 2. The van der Waals surface area contributed by atoms with E-state index in [0.29, 0.717) is 6.04 Å². The summed E-state index contributed by atoms with van der Waals surface area (Å²) in [6.07, 6.45) is 4.18. The zero-order valence-corrected chi connectivity index (χ0v) is 17.4. The second-order valence-electron chi connectivity index (χ2n) is 7.64. The normalized spacial score (nSPS) is 15.9. The van der Waals surface area contributed by atoms with Crippen molar-refractivity contribution in [2.45, 2.75) is 44.2 Å². The van der Waals surface area contributed by atoms with Crippen LogP contribution >= 0.6 is 11.8 Å². The summed E-state index contributed by atoms with van der Waals surface area (Å²) >= 11 is 1.77. The maximum absolute atomic E-state index is 11.9. The van der Waals surface area contributed by atoms with Crippen molar-refractivity contribution in [2.75, 3.05) is 19.3 Å². The largest absolute Gasteiger partial charge is 0.353 e. The molecule has 1 N–H and O–H groups in total. The number of likely N-dealkylation sites (tertiary alicyclic amines) is 1. The van der Waals surface area contributed by atoms with E-state index in [2.05, 4.69) is 65.0 Å². The first kappa shape index (κ1) is 20.0. The van der Waals surface area contributed by atoms with Crippen LogP contribution in [0.15, 0.2) is 53.4 Å². The van der Waals surface area contributed by atoms with Crippen molar-refractivity contribution in [3.63, 3.8) is 0 Å². The van der Waals surface area contributed by atoms with Crippen molar-refractivity contribution < 1.29 is 4.79 Å². The fourth-order valence-corrected chi connectivity index (χ4v) is 3.90. The first-order valence-corrected chi connectivity index (χ1v) is 11.0. The highest BCUT2D eigenvalue weighted by atomic mass is 32.2. The molecule has 1 fully saturated rings. The number of thioether (sulfide) groups is 1. The number of hydrogen-bond acceptors (Lipinski definition) is 3. The Morgan fingerprint density at radius 3 is 2.44 bits per heavy atom. The molecule has 1 amide bonds. The number of carbonyl (C=O) groups is 1. The van der Waals surface area contributed by atoms with Crippen molar-refractivity contribution in [1.29, 1.82) is 0 Å². The maximum Gasteiger partial charge on any atom is 0.222 e. The third-order valence-electron chi connectivity index (χ3n) is 5.21. The van der Waals surface area contributed by atoms with E-state index < -0.39 is 0 Å². The summed E-state index contributed by atoms with van der Waals surface area (Å²) in [7, 11) is 0. The van der Waals surface area contributed by atoms with E-state index in [0.717, 1.165) is 32.5 Å². The SMILES string of the molecule is CSc1ccc(-c2cccc(CN3CCC(NC(=O)C(C)C)CC3)c2)cc1. The van der Waals surface area contributed by atoms with Gasteiger partial charge in [-0.25, -0.2) is 0 Å². The maximum atomic E-state index is 11.9. The zero-order chi connectivity index (χ0) is 19.2. The Kier molecular flexibility index (Phi) is 6.97. The lowest BCUT2D eigenvalue weighted by Gasteiger charge is -2.32. The van der Waals surface area contributed by atoms with E-state index in [-0.39, 0.29) is 11.8 Å². The van der Waals surface area contributed by atoms with Crippen LogP contribution in [0.4, 0.5) is 0 Å². The third-order valence-corrected chi connectivity index (χ3v) is 5.96. The summed E-state index contributed by atoms with van der Waals surface area (Å²) in [5, 5.41) is 3.18. The zero-order valence-electron chi connectivity index (χ0n) is 16.6. The smallest absolute Gasteiger partial charge is 0.222 e. The summed E-state index contributed by atoms with van der Waals surface area (Å²) in [6.45, 7) is 6.95. The lowest BCUT2D eigenvalue weighted by Crippen LogP contribution is -2.45. The fraction of sp³-hybridized carbons (Fsp3) is 0.435. The molecule has 1 aliphatic rings. The van der Waals surface area contributed by atoms with Gasteiger partial charge in [0.2, 0.25) is 5.91 Å². The number of rotatable bonds is 6. The van der Waals surface area contributed by atoms with E-state index in [1.165, 1.54) is 21.6 Å². The highest BCUT2D eigenvalue weighted by Gasteiger charge is 2.21. The minimum Gasteiger partial charge on any atom is -0.353 e. The quantitative estimate of drug-likeness (QED) is 0.728. The number of hydrogen-bond donors (Lipinski definition) is 1. The van der Waals surface area contributed by atoms with Crippen LogP contribution in [0.2, 0.25) is 0 Å². The minimum atomic E-state index is 0.0655. The van der Waals surface area contributed by atoms with Crippen molar-refractivity contribution in [2.24, 2.45) is 5.92 Å². The number of amides is 1. The standard InChI is InChI=1S/C23H30N2OS/c1-17(2)23(26)24-21-11-13-25(14-12-21)16-18-5-4-6-20(15-18)19-7-9-22(27-3)10-8-19/h4-10,15,17,21H,11-14,16H2,1-3H3,(H,24,26). The first-order valence-electron chi connectivity index (χ1n) is 9.81. The van der Waals surface area contributed by atoms with Gasteiger partial charge in [-0.15, -0.1) is 11.8 Å². The Balaban J connectivity index is 1.56. The van der Waals surface area contributed by atoms with E-state index in [9.17, 15) is 4.79 Å². The average molecular weight is 383 g/mol. The molecule has 144 valence electrons.